The highest BCUT2D eigenvalue weighted by Gasteiger charge is 2.46. The summed E-state index contributed by atoms with van der Waals surface area (Å²) >= 11 is 2.13. The van der Waals surface area contributed by atoms with E-state index in [0.717, 1.165) is 11.3 Å². The van der Waals surface area contributed by atoms with Gasteiger partial charge in [-0.15, -0.1) is 0 Å². The zero-order valence-corrected chi connectivity index (χ0v) is 12.6. The number of carbonyl (C=O) groups is 1. The van der Waals surface area contributed by atoms with Crippen LogP contribution in [0.4, 0.5) is 5.69 Å². The minimum atomic E-state index is -0.733. The molecule has 2 rings (SSSR count). The molecule has 0 bridgehead atoms. The molecule has 0 radical (unpaired) electrons. The second-order valence-corrected chi connectivity index (χ2v) is 5.21. The molecule has 6 heteroatoms. The number of hydrogen-bond donors (Lipinski definition) is 0. The Morgan fingerprint density at radius 1 is 1.53 bits per heavy atom. The zero-order valence-electron chi connectivity index (χ0n) is 10.5. The highest BCUT2D eigenvalue weighted by atomic mass is 127. The Morgan fingerprint density at radius 2 is 2.21 bits per heavy atom. The van der Waals surface area contributed by atoms with Crippen molar-refractivity contribution < 1.29 is 4.79 Å². The summed E-state index contributed by atoms with van der Waals surface area (Å²) in [7, 11) is 0. The van der Waals surface area contributed by atoms with Crippen LogP contribution in [0.2, 0.25) is 0 Å². The van der Waals surface area contributed by atoms with Crippen molar-refractivity contribution in [2.24, 2.45) is 10.5 Å². The molecule has 1 unspecified atom stereocenters. The van der Waals surface area contributed by atoms with Gasteiger partial charge in [0.05, 0.1) is 5.41 Å². The summed E-state index contributed by atoms with van der Waals surface area (Å²) in [6.07, 6.45) is 0. The Balaban J connectivity index is 2.38. The molecule has 1 aliphatic rings. The Hall–Kier alpha value is -1.53. The fourth-order valence-corrected chi connectivity index (χ4v) is 3.05. The van der Waals surface area contributed by atoms with E-state index in [4.69, 9.17) is 5.53 Å². The molecule has 1 aromatic rings. The van der Waals surface area contributed by atoms with Crippen LogP contribution in [-0.4, -0.2) is 19.0 Å². The summed E-state index contributed by atoms with van der Waals surface area (Å²) in [6, 6.07) is 9.53. The monoisotopic (exact) mass is 368 g/mol. The van der Waals surface area contributed by atoms with Crippen LogP contribution in [0, 0.1) is 5.41 Å². The Bertz CT molecular complexity index is 565. The minimum Gasteiger partial charge on any atom is -0.308 e. The van der Waals surface area contributed by atoms with E-state index in [1.165, 1.54) is 0 Å². The van der Waals surface area contributed by atoms with Gasteiger partial charge in [-0.25, -0.2) is 0 Å². The number of nitrogens with zero attached hydrogens (tertiary/aromatic N) is 4. The first kappa shape index (κ1) is 13.9. The summed E-state index contributed by atoms with van der Waals surface area (Å²) in [5.74, 6) is -0.0194. The number of benzene rings is 1. The van der Waals surface area contributed by atoms with Gasteiger partial charge in [-0.05, 0) is 34.2 Å². The summed E-state index contributed by atoms with van der Waals surface area (Å²) in [5.41, 5.74) is 9.60. The second-order valence-electron chi connectivity index (χ2n) is 4.58. The maximum atomic E-state index is 12.6. The van der Waals surface area contributed by atoms with Gasteiger partial charge in [-0.3, -0.25) is 4.79 Å². The van der Waals surface area contributed by atoms with E-state index in [2.05, 4.69) is 32.6 Å². The third-order valence-electron chi connectivity index (χ3n) is 3.40. The van der Waals surface area contributed by atoms with E-state index in [-0.39, 0.29) is 12.5 Å². The maximum absolute atomic E-state index is 12.6. The number of para-hydroxylation sites is 1. The molecule has 1 aliphatic heterocycles. The van der Waals surface area contributed by atoms with Gasteiger partial charge in [0.2, 0.25) is 5.91 Å². The van der Waals surface area contributed by atoms with Crippen molar-refractivity contribution in [3.05, 3.63) is 50.4 Å². The lowest BCUT2D eigenvalue weighted by atomic mass is 9.85. The first-order chi connectivity index (χ1) is 9.13. The lowest BCUT2D eigenvalue weighted by Crippen LogP contribution is -2.34. The van der Waals surface area contributed by atoms with Gasteiger partial charge in [0.1, 0.15) is 0 Å². The average Bonchev–Trinajstić information content (AvgIpc) is 2.70. The molecule has 0 aromatic heterocycles. The first-order valence-corrected chi connectivity index (χ1v) is 7.05. The number of hydrogen-bond acceptors (Lipinski definition) is 2. The topological polar surface area (TPSA) is 69.1 Å². The first-order valence-electron chi connectivity index (χ1n) is 5.81. The van der Waals surface area contributed by atoms with Crippen LogP contribution >= 0.6 is 22.6 Å². The summed E-state index contributed by atoms with van der Waals surface area (Å²) in [4.78, 5) is 17.1. The van der Waals surface area contributed by atoms with E-state index in [1.54, 1.807) is 4.90 Å². The Morgan fingerprint density at radius 3 is 2.79 bits per heavy atom. The molecular weight excluding hydrogens is 355 g/mol. The smallest absolute Gasteiger partial charge is 0.237 e. The van der Waals surface area contributed by atoms with E-state index in [9.17, 15) is 4.79 Å². The van der Waals surface area contributed by atoms with Gasteiger partial charge in [0.15, 0.2) is 0 Å². The van der Waals surface area contributed by atoms with Crippen molar-refractivity contribution in [3.63, 3.8) is 0 Å². The fraction of sp³-hybridized carbons (Fsp3) is 0.308. The van der Waals surface area contributed by atoms with Crippen molar-refractivity contribution in [3.8, 4) is 0 Å². The highest BCUT2D eigenvalue weighted by molar-refractivity contribution is 14.1. The van der Waals surface area contributed by atoms with Crippen LogP contribution in [0.5, 0.6) is 0 Å². The number of carbonyl (C=O) groups excluding carboxylic acids is 1. The molecule has 1 amide bonds. The standard InChI is InChI=1S/C13H13IN4O/c1-13(9-16-17-15)10(7-14)8-18(12(13)19)11-5-3-2-4-6-11/h2-7H,8-9H2,1H3. The molecule has 1 fully saturated rings. The van der Waals surface area contributed by atoms with E-state index >= 15 is 0 Å². The summed E-state index contributed by atoms with van der Waals surface area (Å²) in [6.45, 7) is 2.53. The highest BCUT2D eigenvalue weighted by Crippen LogP contribution is 2.39. The van der Waals surface area contributed by atoms with Gasteiger partial charge in [-0.1, -0.05) is 45.9 Å². The van der Waals surface area contributed by atoms with Crippen molar-refractivity contribution in [1.82, 2.24) is 0 Å². The fourth-order valence-electron chi connectivity index (χ4n) is 2.17. The molecule has 1 heterocycles. The molecule has 0 N–H and O–H groups in total. The van der Waals surface area contributed by atoms with Crippen molar-refractivity contribution >= 4 is 34.2 Å². The average molecular weight is 368 g/mol. The normalized spacial score (nSPS) is 24.6. The van der Waals surface area contributed by atoms with Crippen molar-refractivity contribution in [2.45, 2.75) is 6.92 Å². The minimum absolute atomic E-state index is 0.0194. The number of amides is 1. The molecule has 1 aromatic carbocycles. The number of halogens is 1. The molecule has 5 nitrogen and oxygen atoms in total. The van der Waals surface area contributed by atoms with Gasteiger partial charge in [0, 0.05) is 23.7 Å². The van der Waals surface area contributed by atoms with Gasteiger partial charge in [0.25, 0.3) is 0 Å². The number of rotatable bonds is 3. The largest absolute Gasteiger partial charge is 0.308 e. The predicted molar refractivity (Wildman–Crippen MR) is 83.0 cm³/mol. The number of anilines is 1. The third-order valence-corrected chi connectivity index (χ3v) is 4.16. The van der Waals surface area contributed by atoms with Crippen molar-refractivity contribution in [2.75, 3.05) is 18.0 Å². The van der Waals surface area contributed by atoms with Gasteiger partial charge in [-0.2, -0.15) is 0 Å². The molecule has 98 valence electrons. The van der Waals surface area contributed by atoms with Crippen LogP contribution in [-0.2, 0) is 4.79 Å². The molecular formula is C13H13IN4O. The third kappa shape index (κ3) is 2.46. The Kier molecular flexibility index (Phi) is 4.11. The van der Waals surface area contributed by atoms with Crippen LogP contribution in [0.1, 0.15) is 6.92 Å². The SMILES string of the molecule is CC1(CN=[N+]=[N-])C(=O)N(c2ccccc2)CC1=CI. The van der Waals surface area contributed by atoms with Crippen LogP contribution in [0.15, 0.2) is 45.1 Å². The van der Waals surface area contributed by atoms with Gasteiger partial charge >= 0.3 is 0 Å². The molecule has 19 heavy (non-hydrogen) atoms. The van der Waals surface area contributed by atoms with E-state index < -0.39 is 5.41 Å². The van der Waals surface area contributed by atoms with Crippen LogP contribution < -0.4 is 4.90 Å². The van der Waals surface area contributed by atoms with Gasteiger partial charge < -0.3 is 4.90 Å². The molecule has 1 atom stereocenters. The van der Waals surface area contributed by atoms with Crippen LogP contribution in [0.25, 0.3) is 10.4 Å². The Labute approximate surface area is 125 Å². The van der Waals surface area contributed by atoms with Crippen molar-refractivity contribution in [1.29, 1.82) is 0 Å². The maximum Gasteiger partial charge on any atom is 0.237 e. The zero-order chi connectivity index (χ0) is 13.9. The van der Waals surface area contributed by atoms with E-state index in [0.29, 0.717) is 6.54 Å². The molecule has 0 spiro atoms. The lowest BCUT2D eigenvalue weighted by Gasteiger charge is -2.22. The summed E-state index contributed by atoms with van der Waals surface area (Å²) < 4.78 is 1.91. The molecule has 1 saturated heterocycles. The predicted octanol–water partition coefficient (Wildman–Crippen LogP) is 3.67. The second kappa shape index (κ2) is 5.63. The summed E-state index contributed by atoms with van der Waals surface area (Å²) in [5, 5.41) is 3.59. The quantitative estimate of drug-likeness (QED) is 0.347. The van der Waals surface area contributed by atoms with Crippen LogP contribution in [0.3, 0.4) is 0 Å². The lowest BCUT2D eigenvalue weighted by molar-refractivity contribution is -0.123. The molecule has 0 aliphatic carbocycles. The van der Waals surface area contributed by atoms with E-state index in [1.807, 2.05) is 41.3 Å². The molecule has 0 saturated carbocycles. The number of azide groups is 1.